The van der Waals surface area contributed by atoms with Gasteiger partial charge in [0.1, 0.15) is 24.4 Å². The Balaban J connectivity index is 2.22. The summed E-state index contributed by atoms with van der Waals surface area (Å²) in [5.74, 6) is -0.220. The van der Waals surface area contributed by atoms with Crippen molar-refractivity contribution < 1.29 is 51.8 Å². The van der Waals surface area contributed by atoms with Gasteiger partial charge in [-0.05, 0) is 12.8 Å². The highest BCUT2D eigenvalue weighted by molar-refractivity contribution is 7.80. The minimum absolute atomic E-state index is 0.220. The van der Waals surface area contributed by atoms with Gasteiger partial charge in [0.05, 0.1) is 25.4 Å². The average Bonchev–Trinajstić information content (AvgIpc) is 3.45. The normalized spacial score (nSPS) is 18.7. The molecule has 0 aromatic heterocycles. The third kappa shape index (κ3) is 46.6. The maximum absolute atomic E-state index is 13.2. The molecule has 7 atom stereocenters. The second-order valence-corrected chi connectivity index (χ2v) is 25.2. The Kier molecular flexibility index (Phi) is 53.3. The van der Waals surface area contributed by atoms with Crippen LogP contribution in [0.3, 0.4) is 0 Å². The van der Waals surface area contributed by atoms with E-state index in [4.69, 9.17) is 9.47 Å². The number of carbonyl (C=O) groups excluding carboxylic acids is 1. The van der Waals surface area contributed by atoms with Crippen molar-refractivity contribution in [2.45, 2.75) is 397 Å². The first kappa shape index (κ1) is 75.1. The predicted octanol–water partition coefficient (Wildman–Crippen LogP) is 17.2. The number of aliphatic hydroxyl groups excluding tert-OH is 4. The maximum atomic E-state index is 13.2. The highest BCUT2D eigenvalue weighted by atomic mass is 32.3. The Bertz CT molecular complexity index is 1380. The number of carbonyl (C=O) groups is 1. The van der Waals surface area contributed by atoms with Gasteiger partial charge in [-0.1, -0.05) is 335 Å². The summed E-state index contributed by atoms with van der Waals surface area (Å²) in [6.07, 6.45) is 58.5. The molecule has 1 rings (SSSR count). The van der Waals surface area contributed by atoms with E-state index in [2.05, 4.69) is 23.3 Å². The van der Waals surface area contributed by atoms with Crippen LogP contribution in [-0.4, -0.2) is 95.4 Å². The molecule has 0 saturated carbocycles. The molecular weight excluding hydrogens is 1000 g/mol. The van der Waals surface area contributed by atoms with Gasteiger partial charge < -0.3 is 35.2 Å². The molecule has 0 aliphatic carbocycles. The highest BCUT2D eigenvalue weighted by Crippen LogP contribution is 2.27. The van der Waals surface area contributed by atoms with Gasteiger partial charge in [0.15, 0.2) is 6.29 Å². The first-order valence-corrected chi connectivity index (χ1v) is 35.3. The van der Waals surface area contributed by atoms with Gasteiger partial charge in [-0.3, -0.25) is 9.35 Å². The molecule has 6 N–H and O–H groups in total. The van der Waals surface area contributed by atoms with Crippen LogP contribution >= 0.6 is 0 Å². The fourth-order valence-corrected chi connectivity index (χ4v) is 12.0. The Labute approximate surface area is 481 Å². The third-order valence-corrected chi connectivity index (χ3v) is 17.1. The smallest absolute Gasteiger partial charge is 0.394 e. The van der Waals surface area contributed by atoms with E-state index >= 15 is 0 Å². The minimum Gasteiger partial charge on any atom is -0.394 e. The van der Waals surface area contributed by atoms with Crippen molar-refractivity contribution in [2.75, 3.05) is 13.2 Å². The number of ether oxygens (including phenoxy) is 2. The van der Waals surface area contributed by atoms with Gasteiger partial charge in [-0.2, -0.15) is 8.42 Å². The van der Waals surface area contributed by atoms with Gasteiger partial charge in [0.2, 0.25) is 5.91 Å². The topological polar surface area (TPSA) is 192 Å². The van der Waals surface area contributed by atoms with Crippen LogP contribution in [0.15, 0.2) is 0 Å². The minimum atomic E-state index is -5.08. The Morgan fingerprint density at radius 1 is 0.462 bits per heavy atom. The third-order valence-electron chi connectivity index (χ3n) is 16.7. The standard InChI is InChI=1S/C65H129NO11S/c1-3-5-7-9-11-13-15-17-19-21-23-25-26-27-28-29-30-31-32-33-34-35-37-39-41-43-45-47-49-51-53-55-61(69)66-58(57-75-65-63(71)64(77-78(72,73)74)62(70)60(56-67)76-65)59(68)54-52-50-48-46-44-42-40-38-36-24-22-20-18-16-14-12-10-8-6-4-2/h58-60,62-65,67-68,70-71H,3-57H2,1-2H3,(H,66,69)(H,72,73,74). The molecule has 0 aromatic carbocycles. The summed E-state index contributed by atoms with van der Waals surface area (Å²) in [4.78, 5) is 13.2. The Morgan fingerprint density at radius 2 is 0.744 bits per heavy atom. The average molecular weight is 1130 g/mol. The zero-order valence-electron chi connectivity index (χ0n) is 51.0. The lowest BCUT2D eigenvalue weighted by molar-refractivity contribution is -0.298. The molecule has 0 bridgehead atoms. The Morgan fingerprint density at radius 3 is 1.03 bits per heavy atom. The fourth-order valence-electron chi connectivity index (χ4n) is 11.5. The lowest BCUT2D eigenvalue weighted by Crippen LogP contribution is -2.61. The van der Waals surface area contributed by atoms with Crippen molar-refractivity contribution in [1.82, 2.24) is 5.32 Å². The largest absolute Gasteiger partial charge is 0.397 e. The van der Waals surface area contributed by atoms with Crippen LogP contribution in [0.1, 0.15) is 354 Å². The summed E-state index contributed by atoms with van der Waals surface area (Å²) in [6, 6.07) is -0.854. The SMILES string of the molecule is CCCCCCCCCCCCCCCCCCCCCCCCCCCCCCCCCC(=O)NC(COC1OC(CO)C(O)C(OS(=O)(=O)O)C1O)C(O)CCCCCCCCCCCCCCCCCCCCCC. The molecule has 1 fully saturated rings. The lowest BCUT2D eigenvalue weighted by Gasteiger charge is -2.41. The zero-order valence-corrected chi connectivity index (χ0v) is 51.8. The monoisotopic (exact) mass is 1130 g/mol. The van der Waals surface area contributed by atoms with E-state index in [-0.39, 0.29) is 12.5 Å². The molecule has 0 radical (unpaired) electrons. The second kappa shape index (κ2) is 55.3. The van der Waals surface area contributed by atoms with Crippen LogP contribution in [0.2, 0.25) is 0 Å². The maximum Gasteiger partial charge on any atom is 0.397 e. The van der Waals surface area contributed by atoms with Gasteiger partial charge in [0, 0.05) is 6.42 Å². The molecule has 1 aliphatic heterocycles. The van der Waals surface area contributed by atoms with E-state index < -0.39 is 59.9 Å². The van der Waals surface area contributed by atoms with Gasteiger partial charge in [0.25, 0.3) is 0 Å². The van der Waals surface area contributed by atoms with Gasteiger partial charge in [-0.25, -0.2) is 4.18 Å². The van der Waals surface area contributed by atoms with Crippen molar-refractivity contribution in [3.63, 3.8) is 0 Å². The molecule has 1 aliphatic rings. The molecule has 466 valence electrons. The van der Waals surface area contributed by atoms with Crippen LogP contribution in [0, 0.1) is 0 Å². The van der Waals surface area contributed by atoms with Crippen molar-refractivity contribution in [3.8, 4) is 0 Å². The highest BCUT2D eigenvalue weighted by Gasteiger charge is 2.48. The van der Waals surface area contributed by atoms with Gasteiger partial charge >= 0.3 is 10.4 Å². The second-order valence-electron chi connectivity index (χ2n) is 24.1. The fraction of sp³-hybridized carbons (Fsp3) is 0.985. The number of hydrogen-bond acceptors (Lipinski definition) is 10. The summed E-state index contributed by atoms with van der Waals surface area (Å²) in [7, 11) is -5.08. The Hall–Kier alpha value is -0.900. The molecule has 13 heteroatoms. The van der Waals surface area contributed by atoms with E-state index in [1.54, 1.807) is 0 Å². The number of unbranched alkanes of at least 4 members (excludes halogenated alkanes) is 49. The van der Waals surface area contributed by atoms with Crippen molar-refractivity contribution in [2.24, 2.45) is 0 Å². The summed E-state index contributed by atoms with van der Waals surface area (Å²) < 4.78 is 48.1. The number of rotatable bonds is 61. The molecule has 0 aromatic rings. The van der Waals surface area contributed by atoms with Crippen LogP contribution in [0.25, 0.3) is 0 Å². The lowest BCUT2D eigenvalue weighted by atomic mass is 9.99. The number of nitrogens with one attached hydrogen (secondary N) is 1. The van der Waals surface area contributed by atoms with Crippen molar-refractivity contribution >= 4 is 16.3 Å². The molecule has 7 unspecified atom stereocenters. The summed E-state index contributed by atoms with van der Waals surface area (Å²) in [6.45, 7) is 3.53. The summed E-state index contributed by atoms with van der Waals surface area (Å²) >= 11 is 0. The number of hydrogen-bond donors (Lipinski definition) is 6. The van der Waals surface area contributed by atoms with E-state index in [0.29, 0.717) is 12.8 Å². The van der Waals surface area contributed by atoms with E-state index in [1.807, 2.05) is 0 Å². The molecule has 1 saturated heterocycles. The van der Waals surface area contributed by atoms with Crippen LogP contribution in [0.4, 0.5) is 0 Å². The first-order valence-electron chi connectivity index (χ1n) is 33.9. The van der Waals surface area contributed by atoms with Crippen LogP contribution < -0.4 is 5.32 Å². The molecule has 12 nitrogen and oxygen atoms in total. The molecule has 1 heterocycles. The molecule has 78 heavy (non-hydrogen) atoms. The van der Waals surface area contributed by atoms with E-state index in [0.717, 1.165) is 51.4 Å². The predicted molar refractivity (Wildman–Crippen MR) is 324 cm³/mol. The van der Waals surface area contributed by atoms with E-state index in [1.165, 1.54) is 276 Å². The van der Waals surface area contributed by atoms with Crippen molar-refractivity contribution in [1.29, 1.82) is 0 Å². The number of aliphatic hydroxyl groups is 4. The molecule has 1 amide bonds. The van der Waals surface area contributed by atoms with Crippen molar-refractivity contribution in [3.05, 3.63) is 0 Å². The quantitative estimate of drug-likeness (QED) is 0.0251. The molecule has 0 spiro atoms. The van der Waals surface area contributed by atoms with E-state index in [9.17, 15) is 38.2 Å². The van der Waals surface area contributed by atoms with Gasteiger partial charge in [-0.15, -0.1) is 0 Å². The number of amides is 1. The van der Waals surface area contributed by atoms with Crippen LogP contribution in [-0.2, 0) is 28.9 Å². The molecular formula is C65H129NO11S. The van der Waals surface area contributed by atoms with Crippen LogP contribution in [0.5, 0.6) is 0 Å². The summed E-state index contributed by atoms with van der Waals surface area (Å²) in [5, 5.41) is 45.3. The summed E-state index contributed by atoms with van der Waals surface area (Å²) in [5.41, 5.74) is 0. The zero-order chi connectivity index (χ0) is 56.8. The first-order chi connectivity index (χ1) is 38.0.